The molecule has 3 heterocycles. The van der Waals surface area contributed by atoms with Crippen LogP contribution < -0.4 is 4.90 Å². The first-order valence-electron chi connectivity index (χ1n) is 13.9. The molecule has 2 atom stereocenters. The Kier molecular flexibility index (Phi) is 4.48. The van der Waals surface area contributed by atoms with Gasteiger partial charge in [-0.2, -0.15) is 5.26 Å². The van der Waals surface area contributed by atoms with E-state index in [-0.39, 0.29) is 6.04 Å². The molecule has 192 valence electrons. The predicted octanol–water partition coefficient (Wildman–Crippen LogP) is 9.28. The summed E-state index contributed by atoms with van der Waals surface area (Å²) >= 11 is 0. The molecule has 41 heavy (non-hydrogen) atoms. The third kappa shape index (κ3) is 3.09. The molecule has 5 aromatic carbocycles. The number of para-hydroxylation sites is 2. The third-order valence-corrected chi connectivity index (χ3v) is 8.73. The van der Waals surface area contributed by atoms with Crippen molar-refractivity contribution in [1.29, 1.82) is 5.26 Å². The molecule has 9 rings (SSSR count). The number of fused-ring (bicyclic) bond motifs is 9. The zero-order valence-electron chi connectivity index (χ0n) is 22.0. The molecule has 0 saturated heterocycles. The van der Waals surface area contributed by atoms with Gasteiger partial charge < -0.3 is 13.9 Å². The molecule has 0 amide bonds. The molecule has 2 unspecified atom stereocenters. The summed E-state index contributed by atoms with van der Waals surface area (Å²) in [5.41, 5.74) is 9.46. The van der Waals surface area contributed by atoms with E-state index in [1.807, 2.05) is 18.2 Å². The average molecular weight is 526 g/mol. The number of anilines is 2. The lowest BCUT2D eigenvalue weighted by Crippen LogP contribution is -2.28. The van der Waals surface area contributed by atoms with Crippen LogP contribution in [-0.2, 0) is 0 Å². The predicted molar refractivity (Wildman–Crippen MR) is 166 cm³/mol. The Bertz CT molecular complexity index is 2310. The molecule has 2 aliphatic rings. The van der Waals surface area contributed by atoms with Crippen LogP contribution in [0.4, 0.5) is 11.4 Å². The molecule has 1 aliphatic carbocycles. The zero-order chi connectivity index (χ0) is 27.1. The van der Waals surface area contributed by atoms with Crippen molar-refractivity contribution in [3.8, 4) is 11.8 Å². The topological polar surface area (TPSA) is 45.1 Å². The van der Waals surface area contributed by atoms with Crippen molar-refractivity contribution in [1.82, 2.24) is 4.57 Å². The van der Waals surface area contributed by atoms with Crippen LogP contribution in [-0.4, -0.2) is 10.6 Å². The second-order valence-corrected chi connectivity index (χ2v) is 10.9. The SMILES string of the molecule is N#Cc1ccc2oc3ccc(-n4c5ccccc5c5cc(N6c7ccccc7C7C=CC=CC76)ccc54)cc3c2c1. The van der Waals surface area contributed by atoms with Gasteiger partial charge in [0.25, 0.3) is 0 Å². The molecule has 7 aromatic rings. The molecule has 2 aromatic heterocycles. The van der Waals surface area contributed by atoms with Crippen LogP contribution in [0, 0.1) is 11.3 Å². The second kappa shape index (κ2) is 8.24. The Labute approximate surface area is 236 Å². The van der Waals surface area contributed by atoms with Crippen LogP contribution in [0.2, 0.25) is 0 Å². The highest BCUT2D eigenvalue weighted by Gasteiger charge is 2.37. The fraction of sp³-hybridized carbons (Fsp3) is 0.0541. The smallest absolute Gasteiger partial charge is 0.135 e. The first-order chi connectivity index (χ1) is 20.3. The molecule has 4 nitrogen and oxygen atoms in total. The molecular weight excluding hydrogens is 502 g/mol. The standard InChI is InChI=1S/C37H23N3O/c38-22-23-13-17-36-30(19-23)31-21-25(15-18-37(31)41-36)40-34-12-6-3-9-28(34)29-20-24(14-16-35(29)40)39-32-10-4-1-7-26(32)27-8-2-5-11-33(27)39/h1-21,26,32H. The zero-order valence-corrected chi connectivity index (χ0v) is 22.0. The van der Waals surface area contributed by atoms with Gasteiger partial charge in [0.2, 0.25) is 0 Å². The number of rotatable bonds is 2. The van der Waals surface area contributed by atoms with Crippen molar-refractivity contribution in [2.75, 3.05) is 4.90 Å². The Morgan fingerprint density at radius 2 is 1.37 bits per heavy atom. The van der Waals surface area contributed by atoms with Gasteiger partial charge in [0.05, 0.1) is 28.7 Å². The summed E-state index contributed by atoms with van der Waals surface area (Å²) in [6.45, 7) is 0. The Morgan fingerprint density at radius 3 is 2.29 bits per heavy atom. The van der Waals surface area contributed by atoms with E-state index in [1.54, 1.807) is 6.07 Å². The maximum absolute atomic E-state index is 9.47. The van der Waals surface area contributed by atoms with Gasteiger partial charge in [0.15, 0.2) is 0 Å². The number of furan rings is 1. The maximum Gasteiger partial charge on any atom is 0.135 e. The fourth-order valence-electron chi connectivity index (χ4n) is 6.95. The van der Waals surface area contributed by atoms with Crippen molar-refractivity contribution in [3.05, 3.63) is 139 Å². The summed E-state index contributed by atoms with van der Waals surface area (Å²) in [5, 5.41) is 13.9. The highest BCUT2D eigenvalue weighted by atomic mass is 16.3. The van der Waals surface area contributed by atoms with Gasteiger partial charge in [-0.3, -0.25) is 0 Å². The molecule has 0 spiro atoms. The average Bonchev–Trinajstić information content (AvgIpc) is 3.67. The number of nitriles is 1. The fourth-order valence-corrected chi connectivity index (χ4v) is 6.95. The van der Waals surface area contributed by atoms with Gasteiger partial charge in [0, 0.05) is 44.5 Å². The summed E-state index contributed by atoms with van der Waals surface area (Å²) in [7, 11) is 0. The lowest BCUT2D eigenvalue weighted by molar-refractivity contribution is 0.669. The van der Waals surface area contributed by atoms with Crippen molar-refractivity contribution >= 4 is 55.1 Å². The van der Waals surface area contributed by atoms with Crippen LogP contribution in [0.5, 0.6) is 0 Å². The van der Waals surface area contributed by atoms with Crippen LogP contribution in [0.15, 0.2) is 132 Å². The van der Waals surface area contributed by atoms with Crippen LogP contribution >= 0.6 is 0 Å². The highest BCUT2D eigenvalue weighted by molar-refractivity contribution is 6.11. The Hall–Kier alpha value is -5.53. The minimum Gasteiger partial charge on any atom is -0.456 e. The van der Waals surface area contributed by atoms with Crippen molar-refractivity contribution in [3.63, 3.8) is 0 Å². The largest absolute Gasteiger partial charge is 0.456 e. The Balaban J connectivity index is 1.26. The number of hydrogen-bond acceptors (Lipinski definition) is 3. The van der Waals surface area contributed by atoms with Crippen molar-refractivity contribution in [2.45, 2.75) is 12.0 Å². The van der Waals surface area contributed by atoms with E-state index in [4.69, 9.17) is 4.42 Å². The van der Waals surface area contributed by atoms with Gasteiger partial charge in [-0.15, -0.1) is 0 Å². The molecular formula is C37H23N3O. The van der Waals surface area contributed by atoms with Gasteiger partial charge >= 0.3 is 0 Å². The van der Waals surface area contributed by atoms with Crippen LogP contribution in [0.25, 0.3) is 49.4 Å². The van der Waals surface area contributed by atoms with E-state index < -0.39 is 0 Å². The van der Waals surface area contributed by atoms with Gasteiger partial charge in [-0.1, -0.05) is 60.7 Å². The van der Waals surface area contributed by atoms with Crippen LogP contribution in [0.3, 0.4) is 0 Å². The number of nitrogens with zero attached hydrogens (tertiary/aromatic N) is 3. The molecule has 0 N–H and O–H groups in total. The first kappa shape index (κ1) is 22.3. The normalized spacial score (nSPS) is 17.5. The van der Waals surface area contributed by atoms with E-state index in [0.29, 0.717) is 11.5 Å². The lowest BCUT2D eigenvalue weighted by atomic mass is 9.91. The molecule has 0 fully saturated rings. The highest BCUT2D eigenvalue weighted by Crippen LogP contribution is 2.48. The minimum atomic E-state index is 0.262. The van der Waals surface area contributed by atoms with E-state index >= 15 is 0 Å². The van der Waals surface area contributed by atoms with Gasteiger partial charge in [-0.25, -0.2) is 0 Å². The molecule has 0 saturated carbocycles. The summed E-state index contributed by atoms with van der Waals surface area (Å²) in [6.07, 6.45) is 8.97. The maximum atomic E-state index is 9.47. The molecule has 4 heteroatoms. The quantitative estimate of drug-likeness (QED) is 0.226. The van der Waals surface area contributed by atoms with E-state index in [1.165, 1.54) is 27.7 Å². The third-order valence-electron chi connectivity index (χ3n) is 8.73. The molecule has 0 bridgehead atoms. The lowest BCUT2D eigenvalue weighted by Gasteiger charge is -2.28. The minimum absolute atomic E-state index is 0.262. The monoisotopic (exact) mass is 525 g/mol. The van der Waals surface area contributed by atoms with Crippen molar-refractivity contribution in [2.24, 2.45) is 0 Å². The van der Waals surface area contributed by atoms with Crippen molar-refractivity contribution < 1.29 is 4.42 Å². The van der Waals surface area contributed by atoms with E-state index in [2.05, 4.69) is 119 Å². The molecule has 0 radical (unpaired) electrons. The summed E-state index contributed by atoms with van der Waals surface area (Å²) in [5.74, 6) is 0.353. The first-order valence-corrected chi connectivity index (χ1v) is 13.9. The number of benzene rings is 5. The second-order valence-electron chi connectivity index (χ2n) is 10.9. The Morgan fingerprint density at radius 1 is 0.634 bits per heavy atom. The van der Waals surface area contributed by atoms with Crippen LogP contribution in [0.1, 0.15) is 17.0 Å². The summed E-state index contributed by atoms with van der Waals surface area (Å²) < 4.78 is 8.45. The summed E-state index contributed by atoms with van der Waals surface area (Å²) in [6, 6.07) is 38.7. The van der Waals surface area contributed by atoms with E-state index in [9.17, 15) is 5.26 Å². The number of aromatic nitrogens is 1. The van der Waals surface area contributed by atoms with E-state index in [0.717, 1.165) is 38.7 Å². The van der Waals surface area contributed by atoms with Gasteiger partial charge in [0.1, 0.15) is 11.2 Å². The van der Waals surface area contributed by atoms with Gasteiger partial charge in [-0.05, 0) is 72.3 Å². The molecule has 1 aliphatic heterocycles. The summed E-state index contributed by atoms with van der Waals surface area (Å²) in [4.78, 5) is 2.49. The number of allylic oxidation sites excluding steroid dienone is 2. The number of hydrogen-bond donors (Lipinski definition) is 0.